The molecule has 0 N–H and O–H groups in total. The minimum atomic E-state index is -0.231. The summed E-state index contributed by atoms with van der Waals surface area (Å²) in [6, 6.07) is 22.8. The fraction of sp³-hybridized carbons (Fsp3) is 0.300. The molecule has 0 radical (unpaired) electrons. The monoisotopic (exact) mass is 517 g/mol. The molecule has 1 saturated heterocycles. The highest BCUT2D eigenvalue weighted by Gasteiger charge is 2.21. The van der Waals surface area contributed by atoms with Gasteiger partial charge < -0.3 is 4.90 Å². The third kappa shape index (κ3) is 6.28. The SMILES string of the molecule is CN(C)CCN1CCN(Cc2cnn(-c3ccc(-c4ccc(F)cc4)cc3)c2-c2cccc(Cl)c2)CC1. The predicted octanol–water partition coefficient (Wildman–Crippen LogP) is 5.68. The van der Waals surface area contributed by atoms with E-state index in [2.05, 4.69) is 59.1 Å². The van der Waals surface area contributed by atoms with Gasteiger partial charge in [0.05, 0.1) is 17.6 Å². The lowest BCUT2D eigenvalue weighted by atomic mass is 10.0. The molecule has 5 nitrogen and oxygen atoms in total. The number of nitrogens with zero attached hydrogens (tertiary/aromatic N) is 5. The Balaban J connectivity index is 1.39. The molecule has 5 rings (SSSR count). The van der Waals surface area contributed by atoms with E-state index in [9.17, 15) is 4.39 Å². The first-order valence-electron chi connectivity index (χ1n) is 12.7. The van der Waals surface area contributed by atoms with Crippen LogP contribution >= 0.6 is 11.6 Å². The van der Waals surface area contributed by atoms with Gasteiger partial charge in [-0.25, -0.2) is 9.07 Å². The molecule has 0 spiro atoms. The van der Waals surface area contributed by atoms with Gasteiger partial charge in [-0.3, -0.25) is 9.80 Å². The maximum Gasteiger partial charge on any atom is 0.123 e. The van der Waals surface area contributed by atoms with Crippen molar-refractivity contribution in [2.45, 2.75) is 6.54 Å². The van der Waals surface area contributed by atoms with Crippen molar-refractivity contribution in [1.82, 2.24) is 24.5 Å². The van der Waals surface area contributed by atoms with E-state index in [1.807, 2.05) is 29.1 Å². The number of rotatable bonds is 8. The molecule has 1 aromatic heterocycles. The van der Waals surface area contributed by atoms with Crippen LogP contribution in [0.5, 0.6) is 0 Å². The number of benzene rings is 3. The van der Waals surface area contributed by atoms with Gasteiger partial charge in [-0.05, 0) is 61.6 Å². The first-order valence-corrected chi connectivity index (χ1v) is 13.1. The zero-order chi connectivity index (χ0) is 25.8. The third-order valence-corrected chi connectivity index (χ3v) is 7.19. The minimum Gasteiger partial charge on any atom is -0.308 e. The van der Waals surface area contributed by atoms with Crippen molar-refractivity contribution in [3.8, 4) is 28.1 Å². The molecule has 2 heterocycles. The molecule has 0 aliphatic carbocycles. The number of aromatic nitrogens is 2. The Hall–Kier alpha value is -3.03. The van der Waals surface area contributed by atoms with Crippen LogP contribution in [0.4, 0.5) is 4.39 Å². The topological polar surface area (TPSA) is 27.5 Å². The third-order valence-electron chi connectivity index (χ3n) is 6.95. The second-order valence-electron chi connectivity index (χ2n) is 9.92. The van der Waals surface area contributed by atoms with E-state index in [4.69, 9.17) is 16.7 Å². The van der Waals surface area contributed by atoms with Crippen LogP contribution < -0.4 is 0 Å². The Morgan fingerprint density at radius 2 is 1.49 bits per heavy atom. The van der Waals surface area contributed by atoms with Crippen molar-refractivity contribution in [2.75, 3.05) is 53.4 Å². The van der Waals surface area contributed by atoms with Crippen LogP contribution in [0.2, 0.25) is 5.02 Å². The summed E-state index contributed by atoms with van der Waals surface area (Å²) < 4.78 is 15.3. The van der Waals surface area contributed by atoms with Gasteiger partial charge in [-0.2, -0.15) is 5.10 Å². The second kappa shape index (κ2) is 11.6. The summed E-state index contributed by atoms with van der Waals surface area (Å²) in [4.78, 5) is 7.30. The largest absolute Gasteiger partial charge is 0.308 e. The van der Waals surface area contributed by atoms with Crippen LogP contribution in [0.3, 0.4) is 0 Å². The average Bonchev–Trinajstić information content (AvgIpc) is 3.32. The minimum absolute atomic E-state index is 0.231. The van der Waals surface area contributed by atoms with Crippen LogP contribution in [0, 0.1) is 5.82 Å². The molecule has 1 fully saturated rings. The highest BCUT2D eigenvalue weighted by molar-refractivity contribution is 6.30. The van der Waals surface area contributed by atoms with Gasteiger partial charge in [0.25, 0.3) is 0 Å². The molecule has 1 aliphatic heterocycles. The molecule has 0 saturated carbocycles. The standard InChI is InChI=1S/C30H33ClFN5/c1-34(2)14-15-35-16-18-36(19-17-35)22-26-21-33-37(30(26)25-4-3-5-27(31)20-25)29-12-8-24(9-13-29)23-6-10-28(32)11-7-23/h3-13,20-21H,14-19,22H2,1-2H3. The summed E-state index contributed by atoms with van der Waals surface area (Å²) in [5.74, 6) is -0.231. The van der Waals surface area contributed by atoms with Crippen molar-refractivity contribution in [1.29, 1.82) is 0 Å². The highest BCUT2D eigenvalue weighted by atomic mass is 35.5. The Morgan fingerprint density at radius 1 is 0.838 bits per heavy atom. The van der Waals surface area contributed by atoms with Gasteiger partial charge in [0.2, 0.25) is 0 Å². The molecule has 0 bridgehead atoms. The molecular weight excluding hydrogens is 485 g/mol. The van der Waals surface area contributed by atoms with E-state index in [1.54, 1.807) is 12.1 Å². The van der Waals surface area contributed by atoms with Gasteiger partial charge in [0.15, 0.2) is 0 Å². The highest BCUT2D eigenvalue weighted by Crippen LogP contribution is 2.31. The van der Waals surface area contributed by atoms with Crippen LogP contribution in [0.25, 0.3) is 28.1 Å². The summed E-state index contributed by atoms with van der Waals surface area (Å²) >= 11 is 6.40. The molecule has 37 heavy (non-hydrogen) atoms. The van der Waals surface area contributed by atoms with Crippen LogP contribution in [0.15, 0.2) is 79.0 Å². The molecule has 0 amide bonds. The van der Waals surface area contributed by atoms with E-state index in [1.165, 1.54) is 17.7 Å². The van der Waals surface area contributed by atoms with Crippen molar-refractivity contribution >= 4 is 11.6 Å². The zero-order valence-corrected chi connectivity index (χ0v) is 22.2. The molecule has 0 unspecified atom stereocenters. The maximum atomic E-state index is 13.3. The molecule has 7 heteroatoms. The van der Waals surface area contributed by atoms with Gasteiger partial charge in [-0.15, -0.1) is 0 Å². The lowest BCUT2D eigenvalue weighted by Crippen LogP contribution is -2.47. The lowest BCUT2D eigenvalue weighted by Gasteiger charge is -2.35. The molecule has 3 aromatic carbocycles. The number of hydrogen-bond donors (Lipinski definition) is 0. The Bertz CT molecular complexity index is 1310. The smallest absolute Gasteiger partial charge is 0.123 e. The molecule has 192 valence electrons. The van der Waals surface area contributed by atoms with Gasteiger partial charge in [0, 0.05) is 62.0 Å². The summed E-state index contributed by atoms with van der Waals surface area (Å²) in [5, 5.41) is 5.52. The maximum absolute atomic E-state index is 13.3. The summed E-state index contributed by atoms with van der Waals surface area (Å²) in [5.41, 5.74) is 6.29. The Kier molecular flexibility index (Phi) is 8.01. The van der Waals surface area contributed by atoms with E-state index < -0.39 is 0 Å². The van der Waals surface area contributed by atoms with Crippen LogP contribution in [0.1, 0.15) is 5.56 Å². The van der Waals surface area contributed by atoms with Crippen molar-refractivity contribution in [3.05, 3.63) is 95.4 Å². The molecule has 4 aromatic rings. The fourth-order valence-electron chi connectivity index (χ4n) is 4.83. The number of hydrogen-bond acceptors (Lipinski definition) is 4. The fourth-order valence-corrected chi connectivity index (χ4v) is 5.02. The van der Waals surface area contributed by atoms with E-state index in [-0.39, 0.29) is 5.82 Å². The van der Waals surface area contributed by atoms with Gasteiger partial charge >= 0.3 is 0 Å². The summed E-state index contributed by atoms with van der Waals surface area (Å²) in [6.45, 7) is 7.29. The zero-order valence-electron chi connectivity index (χ0n) is 21.4. The van der Waals surface area contributed by atoms with Gasteiger partial charge in [-0.1, -0.05) is 48.0 Å². The van der Waals surface area contributed by atoms with Crippen molar-refractivity contribution in [3.63, 3.8) is 0 Å². The van der Waals surface area contributed by atoms with Gasteiger partial charge in [0.1, 0.15) is 5.82 Å². The van der Waals surface area contributed by atoms with Crippen molar-refractivity contribution in [2.24, 2.45) is 0 Å². The number of likely N-dealkylation sites (N-methyl/N-ethyl adjacent to an activating group) is 1. The normalized spacial score (nSPS) is 14.9. The van der Waals surface area contributed by atoms with Crippen LogP contribution in [-0.4, -0.2) is 77.8 Å². The number of piperazine rings is 1. The predicted molar refractivity (Wildman–Crippen MR) is 150 cm³/mol. The number of halogens is 2. The second-order valence-corrected chi connectivity index (χ2v) is 10.4. The first kappa shape index (κ1) is 25.6. The lowest BCUT2D eigenvalue weighted by molar-refractivity contribution is 0.120. The molecular formula is C30H33ClFN5. The van der Waals surface area contributed by atoms with E-state index >= 15 is 0 Å². The first-order chi connectivity index (χ1) is 18.0. The molecule has 1 aliphatic rings. The van der Waals surface area contributed by atoms with Crippen molar-refractivity contribution < 1.29 is 4.39 Å². The van der Waals surface area contributed by atoms with E-state index in [0.29, 0.717) is 5.02 Å². The average molecular weight is 518 g/mol. The van der Waals surface area contributed by atoms with E-state index in [0.717, 1.165) is 73.9 Å². The van der Waals surface area contributed by atoms with Crippen LogP contribution in [-0.2, 0) is 6.54 Å². The Labute approximate surface area is 223 Å². The quantitative estimate of drug-likeness (QED) is 0.300. The summed E-state index contributed by atoms with van der Waals surface area (Å²) in [6.07, 6.45) is 1.99. The Morgan fingerprint density at radius 3 is 2.14 bits per heavy atom. The molecule has 0 atom stereocenters. The summed E-state index contributed by atoms with van der Waals surface area (Å²) in [7, 11) is 4.25.